The number of ether oxygens (including phenoxy) is 1. The van der Waals surface area contributed by atoms with E-state index in [0.717, 1.165) is 25.2 Å². The second-order valence-corrected chi connectivity index (χ2v) is 8.21. The average Bonchev–Trinajstić information content (AvgIpc) is 2.34. The summed E-state index contributed by atoms with van der Waals surface area (Å²) in [6, 6.07) is 1.36. The fourth-order valence-electron chi connectivity index (χ4n) is 5.06. The van der Waals surface area contributed by atoms with E-state index in [-0.39, 0.29) is 5.31 Å². The molecule has 1 spiro atoms. The molecule has 1 aliphatic carbocycles. The van der Waals surface area contributed by atoms with Gasteiger partial charge in [-0.1, -0.05) is 32.0 Å². The van der Waals surface area contributed by atoms with E-state index in [4.69, 9.17) is 12.6 Å². The highest BCUT2D eigenvalue weighted by molar-refractivity contribution is 6.15. The predicted molar refractivity (Wildman–Crippen MR) is 84.2 cm³/mol. The summed E-state index contributed by atoms with van der Waals surface area (Å²) in [5, 5.41) is 0.0738. The van der Waals surface area contributed by atoms with Gasteiger partial charge in [0.25, 0.3) is 0 Å². The Morgan fingerprint density at radius 1 is 1.10 bits per heavy atom. The van der Waals surface area contributed by atoms with Crippen molar-refractivity contribution < 1.29 is 4.74 Å². The van der Waals surface area contributed by atoms with E-state index < -0.39 is 0 Å². The van der Waals surface area contributed by atoms with Crippen LogP contribution in [0.3, 0.4) is 0 Å². The average molecular weight is 275 g/mol. The quantitative estimate of drug-likeness (QED) is 0.716. The summed E-state index contributed by atoms with van der Waals surface area (Å²) in [6.07, 6.45) is 6.34. The zero-order chi connectivity index (χ0) is 14.5. The fourth-order valence-corrected chi connectivity index (χ4v) is 5.06. The topological polar surface area (TPSA) is 12.5 Å². The first-order chi connectivity index (χ1) is 9.38. The summed E-state index contributed by atoms with van der Waals surface area (Å²) >= 11 is 0. The Morgan fingerprint density at radius 3 is 2.30 bits per heavy atom. The van der Waals surface area contributed by atoms with Gasteiger partial charge >= 0.3 is 0 Å². The molecule has 2 radical (unpaired) electrons. The van der Waals surface area contributed by atoms with Crippen molar-refractivity contribution in [2.75, 3.05) is 13.2 Å². The first kappa shape index (κ1) is 14.9. The van der Waals surface area contributed by atoms with Crippen LogP contribution in [-0.4, -0.2) is 43.6 Å². The third-order valence-electron chi connectivity index (χ3n) is 6.43. The minimum atomic E-state index is 0.0738. The highest BCUT2D eigenvalue weighted by Crippen LogP contribution is 2.55. The van der Waals surface area contributed by atoms with Crippen molar-refractivity contribution in [3.8, 4) is 0 Å². The van der Waals surface area contributed by atoms with Gasteiger partial charge in [0, 0.05) is 12.1 Å². The zero-order valence-electron chi connectivity index (χ0n) is 13.7. The van der Waals surface area contributed by atoms with Crippen molar-refractivity contribution in [1.29, 1.82) is 0 Å². The standard InChI is InChI=1S/C17H30BNO/c1-12(2)17(18)8-6-15-14(9-17)5-7-16(10-20-11-16)19(15)13(3)4/h12-15H,5-11H2,1-4H3. The van der Waals surface area contributed by atoms with E-state index in [1.165, 1.54) is 32.1 Å². The van der Waals surface area contributed by atoms with Gasteiger partial charge < -0.3 is 4.74 Å². The molecule has 20 heavy (non-hydrogen) atoms. The normalized spacial score (nSPS) is 40.9. The molecule has 3 aliphatic rings. The van der Waals surface area contributed by atoms with Gasteiger partial charge in [-0.2, -0.15) is 0 Å². The first-order valence-electron chi connectivity index (χ1n) is 8.53. The lowest BCUT2D eigenvalue weighted by molar-refractivity contribution is -0.200. The maximum absolute atomic E-state index is 6.70. The first-order valence-corrected chi connectivity index (χ1v) is 8.53. The Hall–Kier alpha value is -0.0151. The third kappa shape index (κ3) is 2.16. The molecular weight excluding hydrogens is 245 g/mol. The van der Waals surface area contributed by atoms with Gasteiger partial charge in [0.1, 0.15) is 0 Å². The Bertz CT molecular complexity index is 366. The van der Waals surface area contributed by atoms with E-state index in [0.29, 0.717) is 17.5 Å². The molecule has 3 heteroatoms. The molecule has 0 bridgehead atoms. The van der Waals surface area contributed by atoms with Gasteiger partial charge in [-0.05, 0) is 44.9 Å². The van der Waals surface area contributed by atoms with Crippen LogP contribution in [0.5, 0.6) is 0 Å². The van der Waals surface area contributed by atoms with E-state index in [1.807, 2.05) is 0 Å². The van der Waals surface area contributed by atoms with Crippen LogP contribution in [0.15, 0.2) is 0 Å². The van der Waals surface area contributed by atoms with Gasteiger partial charge in [0.05, 0.1) is 26.6 Å². The van der Waals surface area contributed by atoms with E-state index in [9.17, 15) is 0 Å². The van der Waals surface area contributed by atoms with Crippen LogP contribution in [0.2, 0.25) is 5.31 Å². The Kier molecular flexibility index (Phi) is 3.74. The van der Waals surface area contributed by atoms with E-state index in [1.54, 1.807) is 0 Å². The zero-order valence-corrected chi connectivity index (χ0v) is 13.7. The van der Waals surface area contributed by atoms with Gasteiger partial charge in [-0.15, -0.1) is 0 Å². The third-order valence-corrected chi connectivity index (χ3v) is 6.43. The molecule has 3 atom stereocenters. The number of hydrogen-bond donors (Lipinski definition) is 0. The monoisotopic (exact) mass is 275 g/mol. The van der Waals surface area contributed by atoms with Crippen molar-refractivity contribution >= 4 is 7.85 Å². The minimum absolute atomic E-state index is 0.0738. The minimum Gasteiger partial charge on any atom is -0.377 e. The van der Waals surface area contributed by atoms with Crippen molar-refractivity contribution in [3.63, 3.8) is 0 Å². The van der Waals surface area contributed by atoms with Gasteiger partial charge in [0.15, 0.2) is 0 Å². The summed E-state index contributed by atoms with van der Waals surface area (Å²) in [4.78, 5) is 2.81. The van der Waals surface area contributed by atoms with E-state index in [2.05, 4.69) is 32.6 Å². The number of fused-ring (bicyclic) bond motifs is 1. The molecule has 2 aliphatic heterocycles. The lowest BCUT2D eigenvalue weighted by Crippen LogP contribution is -2.71. The molecule has 112 valence electrons. The number of hydrogen-bond acceptors (Lipinski definition) is 2. The maximum atomic E-state index is 6.70. The molecule has 2 heterocycles. The highest BCUT2D eigenvalue weighted by Gasteiger charge is 2.54. The molecule has 3 rings (SSSR count). The predicted octanol–water partition coefficient (Wildman–Crippen LogP) is 3.41. The largest absolute Gasteiger partial charge is 0.377 e. The molecule has 3 fully saturated rings. The fraction of sp³-hybridized carbons (Fsp3) is 1.00. The van der Waals surface area contributed by atoms with Crippen LogP contribution in [-0.2, 0) is 4.74 Å². The molecule has 2 nitrogen and oxygen atoms in total. The van der Waals surface area contributed by atoms with Crippen LogP contribution in [0, 0.1) is 11.8 Å². The number of rotatable bonds is 2. The van der Waals surface area contributed by atoms with Gasteiger partial charge in [-0.25, -0.2) is 0 Å². The summed E-state index contributed by atoms with van der Waals surface area (Å²) in [6.45, 7) is 11.2. The molecule has 0 amide bonds. The summed E-state index contributed by atoms with van der Waals surface area (Å²) < 4.78 is 5.59. The second-order valence-electron chi connectivity index (χ2n) is 8.21. The molecule has 3 unspecified atom stereocenters. The van der Waals surface area contributed by atoms with Gasteiger partial charge in [-0.3, -0.25) is 4.90 Å². The lowest BCUT2D eigenvalue weighted by atomic mass is 9.50. The van der Waals surface area contributed by atoms with Crippen LogP contribution < -0.4 is 0 Å². The Balaban J connectivity index is 1.80. The Labute approximate surface area is 126 Å². The molecule has 1 saturated carbocycles. The van der Waals surface area contributed by atoms with Crippen LogP contribution >= 0.6 is 0 Å². The second kappa shape index (κ2) is 5.02. The molecule has 2 saturated heterocycles. The summed E-state index contributed by atoms with van der Waals surface area (Å²) in [5.74, 6) is 1.39. The maximum Gasteiger partial charge on any atom is 0.0749 e. The van der Waals surface area contributed by atoms with Crippen molar-refractivity contribution in [2.24, 2.45) is 11.8 Å². The van der Waals surface area contributed by atoms with Crippen molar-refractivity contribution in [3.05, 3.63) is 0 Å². The van der Waals surface area contributed by atoms with Crippen LogP contribution in [0.1, 0.15) is 59.8 Å². The van der Waals surface area contributed by atoms with Gasteiger partial charge in [0.2, 0.25) is 0 Å². The molecule has 0 N–H and O–H groups in total. The molecular formula is C17H30BNO. The molecule has 0 aromatic carbocycles. The lowest BCUT2D eigenvalue weighted by Gasteiger charge is -2.62. The molecule has 0 aromatic heterocycles. The highest BCUT2D eigenvalue weighted by atomic mass is 16.5. The van der Waals surface area contributed by atoms with Crippen LogP contribution in [0.4, 0.5) is 0 Å². The number of likely N-dealkylation sites (tertiary alicyclic amines) is 1. The van der Waals surface area contributed by atoms with Crippen molar-refractivity contribution in [2.45, 2.75) is 82.7 Å². The SMILES string of the molecule is [B]C1(C(C)C)CCC2C(CCC3(COC3)N2C(C)C)C1. The van der Waals surface area contributed by atoms with E-state index >= 15 is 0 Å². The smallest absolute Gasteiger partial charge is 0.0749 e. The number of nitrogens with zero attached hydrogens (tertiary/aromatic N) is 1. The van der Waals surface area contributed by atoms with Crippen LogP contribution in [0.25, 0.3) is 0 Å². The summed E-state index contributed by atoms with van der Waals surface area (Å²) in [5.41, 5.74) is 0.363. The Morgan fingerprint density at radius 2 is 1.80 bits per heavy atom. The summed E-state index contributed by atoms with van der Waals surface area (Å²) in [7, 11) is 6.70. The van der Waals surface area contributed by atoms with Crippen molar-refractivity contribution in [1.82, 2.24) is 4.90 Å². The molecule has 0 aromatic rings. The number of piperidine rings is 1.